The molecule has 0 fully saturated rings. The molecule has 2 aromatic rings. The van der Waals surface area contributed by atoms with Crippen molar-refractivity contribution >= 4 is 28.8 Å². The molecule has 0 radical (unpaired) electrons. The number of hydrogen-bond acceptors (Lipinski definition) is 5. The summed E-state index contributed by atoms with van der Waals surface area (Å²) < 4.78 is 0. The Bertz CT molecular complexity index is 580. The zero-order chi connectivity index (χ0) is 14.0. The normalized spacial score (nSPS) is 11.1. The average molecular weight is 297 g/mol. The van der Waals surface area contributed by atoms with Gasteiger partial charge < -0.3 is 5.32 Å². The maximum atomic E-state index is 6.14. The highest BCUT2D eigenvalue weighted by molar-refractivity contribution is 7.11. The topological polar surface area (TPSA) is 50.7 Å². The van der Waals surface area contributed by atoms with E-state index in [2.05, 4.69) is 34.1 Å². The number of aryl methyl sites for hydroxylation is 1. The summed E-state index contributed by atoms with van der Waals surface area (Å²) in [6.07, 6.45) is 1.88. The Balaban J connectivity index is 2.19. The molecule has 0 bridgehead atoms. The molecule has 19 heavy (non-hydrogen) atoms. The fourth-order valence-electron chi connectivity index (χ4n) is 1.58. The lowest BCUT2D eigenvalue weighted by Gasteiger charge is -2.12. The van der Waals surface area contributed by atoms with E-state index in [1.807, 2.05) is 20.0 Å². The quantitative estimate of drug-likeness (QED) is 0.868. The van der Waals surface area contributed by atoms with Crippen LogP contribution in [0.5, 0.6) is 0 Å². The minimum Gasteiger partial charge on any atom is -0.363 e. The zero-order valence-electron chi connectivity index (χ0n) is 11.5. The second-order valence-corrected chi connectivity index (χ2v) is 6.40. The number of aromatic nitrogens is 3. The molecule has 0 saturated heterocycles. The minimum absolute atomic E-state index is 0.251. The first-order chi connectivity index (χ1) is 8.97. The lowest BCUT2D eigenvalue weighted by Crippen LogP contribution is -2.08. The fraction of sp³-hybridized carbons (Fsp3) is 0.462. The van der Waals surface area contributed by atoms with Gasteiger partial charge in [-0.15, -0.1) is 11.3 Å². The van der Waals surface area contributed by atoms with Crippen LogP contribution in [-0.2, 0) is 6.54 Å². The maximum Gasteiger partial charge on any atom is 0.137 e. The summed E-state index contributed by atoms with van der Waals surface area (Å²) in [6.45, 7) is 8.72. The highest BCUT2D eigenvalue weighted by Gasteiger charge is 2.12. The van der Waals surface area contributed by atoms with Crippen LogP contribution >= 0.6 is 22.9 Å². The number of halogens is 1. The largest absolute Gasteiger partial charge is 0.363 e. The van der Waals surface area contributed by atoms with Crippen molar-refractivity contribution in [2.24, 2.45) is 0 Å². The molecule has 6 heteroatoms. The molecule has 0 unspecified atom stereocenters. The zero-order valence-corrected chi connectivity index (χ0v) is 13.1. The Labute approximate surface area is 122 Å². The van der Waals surface area contributed by atoms with Crippen LogP contribution < -0.4 is 5.32 Å². The first-order valence-electron chi connectivity index (χ1n) is 6.16. The van der Waals surface area contributed by atoms with Crippen LogP contribution in [0.4, 0.5) is 5.82 Å². The summed E-state index contributed by atoms with van der Waals surface area (Å²) in [7, 11) is 0. The second kappa shape index (κ2) is 5.84. The van der Waals surface area contributed by atoms with Crippen LogP contribution in [0.1, 0.15) is 41.0 Å². The Morgan fingerprint density at radius 3 is 2.63 bits per heavy atom. The van der Waals surface area contributed by atoms with Gasteiger partial charge in [0.25, 0.3) is 0 Å². The molecule has 2 rings (SSSR count). The van der Waals surface area contributed by atoms with Crippen molar-refractivity contribution in [3.8, 4) is 0 Å². The predicted molar refractivity (Wildman–Crippen MR) is 80.0 cm³/mol. The molecule has 0 spiro atoms. The van der Waals surface area contributed by atoms with Crippen LogP contribution in [0.25, 0.3) is 0 Å². The van der Waals surface area contributed by atoms with E-state index in [9.17, 15) is 0 Å². The minimum atomic E-state index is 0.251. The van der Waals surface area contributed by atoms with Gasteiger partial charge in [0.2, 0.25) is 0 Å². The number of rotatable bonds is 4. The van der Waals surface area contributed by atoms with E-state index in [4.69, 9.17) is 11.6 Å². The van der Waals surface area contributed by atoms with Crippen LogP contribution in [0.3, 0.4) is 0 Å². The van der Waals surface area contributed by atoms with Gasteiger partial charge in [-0.2, -0.15) is 0 Å². The SMILES string of the molecule is Cc1cnc(CNc2nc(C(C)C)nc(Cl)c2C)s1. The molecule has 2 heterocycles. The third kappa shape index (κ3) is 3.42. The molecular formula is C13H17ClN4S. The van der Waals surface area contributed by atoms with E-state index in [1.165, 1.54) is 4.88 Å². The smallest absolute Gasteiger partial charge is 0.137 e. The highest BCUT2D eigenvalue weighted by atomic mass is 35.5. The first kappa shape index (κ1) is 14.2. The number of nitrogens with one attached hydrogen (secondary N) is 1. The van der Waals surface area contributed by atoms with Crippen molar-refractivity contribution in [1.29, 1.82) is 0 Å². The van der Waals surface area contributed by atoms with E-state index in [0.717, 1.165) is 22.2 Å². The molecule has 0 atom stereocenters. The van der Waals surface area contributed by atoms with Crippen molar-refractivity contribution in [2.75, 3.05) is 5.32 Å². The molecule has 0 aromatic carbocycles. The van der Waals surface area contributed by atoms with Crippen molar-refractivity contribution in [3.63, 3.8) is 0 Å². The summed E-state index contributed by atoms with van der Waals surface area (Å²) in [6, 6.07) is 0. The van der Waals surface area contributed by atoms with Gasteiger partial charge >= 0.3 is 0 Å². The molecule has 0 aliphatic carbocycles. The molecule has 2 aromatic heterocycles. The lowest BCUT2D eigenvalue weighted by atomic mass is 10.2. The lowest BCUT2D eigenvalue weighted by molar-refractivity contribution is 0.771. The van der Waals surface area contributed by atoms with Gasteiger partial charge in [0.1, 0.15) is 21.8 Å². The van der Waals surface area contributed by atoms with Gasteiger partial charge in [-0.25, -0.2) is 15.0 Å². The predicted octanol–water partition coefficient (Wildman–Crippen LogP) is 3.94. The van der Waals surface area contributed by atoms with Crippen molar-refractivity contribution in [2.45, 2.75) is 40.2 Å². The molecule has 102 valence electrons. The molecule has 0 saturated carbocycles. The summed E-state index contributed by atoms with van der Waals surface area (Å²) in [4.78, 5) is 14.3. The Kier molecular flexibility index (Phi) is 4.37. The Morgan fingerprint density at radius 1 is 1.32 bits per heavy atom. The molecule has 0 aliphatic rings. The van der Waals surface area contributed by atoms with E-state index in [-0.39, 0.29) is 5.92 Å². The van der Waals surface area contributed by atoms with Crippen molar-refractivity contribution < 1.29 is 0 Å². The Morgan fingerprint density at radius 2 is 2.05 bits per heavy atom. The van der Waals surface area contributed by atoms with E-state index in [0.29, 0.717) is 11.7 Å². The van der Waals surface area contributed by atoms with E-state index in [1.54, 1.807) is 11.3 Å². The van der Waals surface area contributed by atoms with Crippen molar-refractivity contribution in [1.82, 2.24) is 15.0 Å². The molecule has 1 N–H and O–H groups in total. The Hall–Kier alpha value is -1.20. The number of nitrogens with zero attached hydrogens (tertiary/aromatic N) is 3. The van der Waals surface area contributed by atoms with Gasteiger partial charge in [0, 0.05) is 22.6 Å². The molecule has 4 nitrogen and oxygen atoms in total. The maximum absolute atomic E-state index is 6.14. The van der Waals surface area contributed by atoms with Gasteiger partial charge in [0.05, 0.1) is 6.54 Å². The van der Waals surface area contributed by atoms with Gasteiger partial charge in [0.15, 0.2) is 0 Å². The summed E-state index contributed by atoms with van der Waals surface area (Å²) in [5, 5.41) is 4.84. The molecular weight excluding hydrogens is 280 g/mol. The van der Waals surface area contributed by atoms with Crippen LogP contribution in [-0.4, -0.2) is 15.0 Å². The van der Waals surface area contributed by atoms with Crippen molar-refractivity contribution in [3.05, 3.63) is 32.6 Å². The van der Waals surface area contributed by atoms with E-state index < -0.39 is 0 Å². The first-order valence-corrected chi connectivity index (χ1v) is 7.36. The number of anilines is 1. The summed E-state index contributed by atoms with van der Waals surface area (Å²) in [5.41, 5.74) is 0.874. The second-order valence-electron chi connectivity index (χ2n) is 4.72. The van der Waals surface area contributed by atoms with Gasteiger partial charge in [-0.05, 0) is 13.8 Å². The third-order valence-electron chi connectivity index (χ3n) is 2.70. The van der Waals surface area contributed by atoms with Gasteiger partial charge in [-0.1, -0.05) is 25.4 Å². The van der Waals surface area contributed by atoms with E-state index >= 15 is 0 Å². The molecule has 0 aliphatic heterocycles. The summed E-state index contributed by atoms with van der Waals surface area (Å²) >= 11 is 7.82. The fourth-order valence-corrected chi connectivity index (χ4v) is 2.48. The monoisotopic (exact) mass is 296 g/mol. The standard InChI is InChI=1S/C13H17ClN4S/c1-7(2)12-17-11(14)9(4)13(18-12)16-6-10-15-5-8(3)19-10/h5,7H,6H2,1-4H3,(H,16,17,18). The highest BCUT2D eigenvalue weighted by Crippen LogP contribution is 2.23. The van der Waals surface area contributed by atoms with Gasteiger partial charge in [-0.3, -0.25) is 0 Å². The van der Waals surface area contributed by atoms with Crippen LogP contribution in [0, 0.1) is 13.8 Å². The number of hydrogen-bond donors (Lipinski definition) is 1. The van der Waals surface area contributed by atoms with Crippen LogP contribution in [0.2, 0.25) is 5.15 Å². The average Bonchev–Trinajstić information content (AvgIpc) is 2.76. The number of thiazole rings is 1. The molecule has 0 amide bonds. The van der Waals surface area contributed by atoms with Crippen LogP contribution in [0.15, 0.2) is 6.20 Å². The third-order valence-corrected chi connectivity index (χ3v) is 3.98. The summed E-state index contributed by atoms with van der Waals surface area (Å²) in [5.74, 6) is 1.80.